The summed E-state index contributed by atoms with van der Waals surface area (Å²) in [5, 5.41) is 12.5. The van der Waals surface area contributed by atoms with Crippen LogP contribution in [-0.2, 0) is 4.74 Å². The molecule has 0 aliphatic heterocycles. The van der Waals surface area contributed by atoms with Crippen LogP contribution < -0.4 is 15.4 Å². The van der Waals surface area contributed by atoms with Gasteiger partial charge in [-0.3, -0.25) is 9.59 Å². The van der Waals surface area contributed by atoms with Gasteiger partial charge in [0.05, 0.1) is 25.5 Å². The Bertz CT molecular complexity index is 978. The van der Waals surface area contributed by atoms with Crippen LogP contribution in [0.1, 0.15) is 47.0 Å². The van der Waals surface area contributed by atoms with Gasteiger partial charge in [-0.05, 0) is 37.5 Å². The van der Waals surface area contributed by atoms with Gasteiger partial charge in [0.25, 0.3) is 11.8 Å². The summed E-state index contributed by atoms with van der Waals surface area (Å²) in [7, 11) is 1.54. The third kappa shape index (κ3) is 8.18. The van der Waals surface area contributed by atoms with Gasteiger partial charge in [-0.15, -0.1) is 11.7 Å². The molecule has 0 saturated carbocycles. The number of amides is 2. The summed E-state index contributed by atoms with van der Waals surface area (Å²) >= 11 is 0. The lowest BCUT2D eigenvalue weighted by Crippen LogP contribution is -2.37. The predicted molar refractivity (Wildman–Crippen MR) is 118 cm³/mol. The van der Waals surface area contributed by atoms with Crippen molar-refractivity contribution >= 4 is 11.8 Å². The van der Waals surface area contributed by atoms with E-state index in [2.05, 4.69) is 22.2 Å². The van der Waals surface area contributed by atoms with Gasteiger partial charge in [0.15, 0.2) is 5.69 Å². The van der Waals surface area contributed by atoms with Crippen LogP contribution in [0, 0.1) is 0 Å². The molecule has 1 heterocycles. The SMILES string of the molecule is C=CCCCOc1cc(C(=O)NCC(F)(F)F)ccc1-n1cc(C(=O)NC(CC)COC)nn1. The molecule has 186 valence electrons. The summed E-state index contributed by atoms with van der Waals surface area (Å²) in [6.45, 7) is 4.70. The summed E-state index contributed by atoms with van der Waals surface area (Å²) < 4.78 is 49.5. The highest BCUT2D eigenvalue weighted by Gasteiger charge is 2.28. The van der Waals surface area contributed by atoms with Gasteiger partial charge >= 0.3 is 6.18 Å². The zero-order valence-corrected chi connectivity index (χ0v) is 19.0. The van der Waals surface area contributed by atoms with Gasteiger partial charge in [-0.25, -0.2) is 4.68 Å². The highest BCUT2D eigenvalue weighted by molar-refractivity contribution is 5.95. The fourth-order valence-corrected chi connectivity index (χ4v) is 2.86. The first-order valence-electron chi connectivity index (χ1n) is 10.6. The monoisotopic (exact) mass is 483 g/mol. The second-order valence-corrected chi connectivity index (χ2v) is 7.34. The van der Waals surface area contributed by atoms with Crippen LogP contribution >= 0.6 is 0 Å². The lowest BCUT2D eigenvalue weighted by molar-refractivity contribution is -0.123. The molecule has 0 bridgehead atoms. The smallest absolute Gasteiger partial charge is 0.405 e. The summed E-state index contributed by atoms with van der Waals surface area (Å²) in [5.74, 6) is -1.14. The minimum Gasteiger partial charge on any atom is -0.491 e. The Morgan fingerprint density at radius 1 is 1.29 bits per heavy atom. The Hall–Kier alpha value is -3.41. The van der Waals surface area contributed by atoms with Gasteiger partial charge in [0.1, 0.15) is 18.0 Å². The quantitative estimate of drug-likeness (QED) is 0.335. The average Bonchev–Trinajstić information content (AvgIpc) is 3.29. The molecule has 1 atom stereocenters. The van der Waals surface area contributed by atoms with Crippen LogP contribution in [0.2, 0.25) is 0 Å². The number of carbonyl (C=O) groups is 2. The van der Waals surface area contributed by atoms with Crippen molar-refractivity contribution in [2.45, 2.75) is 38.4 Å². The molecule has 0 radical (unpaired) electrons. The molecule has 2 N–H and O–H groups in total. The van der Waals surface area contributed by atoms with E-state index in [9.17, 15) is 22.8 Å². The van der Waals surface area contributed by atoms with Crippen LogP contribution in [0.3, 0.4) is 0 Å². The van der Waals surface area contributed by atoms with E-state index >= 15 is 0 Å². The second-order valence-electron chi connectivity index (χ2n) is 7.34. The van der Waals surface area contributed by atoms with Gasteiger partial charge in [0.2, 0.25) is 0 Å². The third-order valence-corrected chi connectivity index (χ3v) is 4.65. The maximum absolute atomic E-state index is 12.5. The van der Waals surface area contributed by atoms with E-state index in [-0.39, 0.29) is 29.7 Å². The fraction of sp³-hybridized carbons (Fsp3) is 0.455. The molecule has 0 aliphatic rings. The number of methoxy groups -OCH3 is 1. The molecule has 1 aromatic heterocycles. The highest BCUT2D eigenvalue weighted by Crippen LogP contribution is 2.25. The molecule has 2 aromatic rings. The number of allylic oxidation sites excluding steroid dienone is 1. The minimum absolute atomic E-state index is 0.0184. The molecule has 1 unspecified atom stereocenters. The fourth-order valence-electron chi connectivity index (χ4n) is 2.86. The topological polar surface area (TPSA) is 107 Å². The Balaban J connectivity index is 2.26. The zero-order chi connectivity index (χ0) is 25.1. The first-order valence-corrected chi connectivity index (χ1v) is 10.6. The van der Waals surface area contributed by atoms with Crippen LogP contribution in [0.25, 0.3) is 5.69 Å². The Morgan fingerprint density at radius 2 is 2.06 bits per heavy atom. The first kappa shape index (κ1) is 26.8. The molecular weight excluding hydrogens is 455 g/mol. The van der Waals surface area contributed by atoms with Gasteiger partial charge in [-0.2, -0.15) is 13.2 Å². The van der Waals surface area contributed by atoms with Crippen LogP contribution in [0.5, 0.6) is 5.75 Å². The Labute approximate surface area is 195 Å². The van der Waals surface area contributed by atoms with Crippen molar-refractivity contribution in [1.29, 1.82) is 0 Å². The molecule has 1 aromatic carbocycles. The number of alkyl halides is 3. The third-order valence-electron chi connectivity index (χ3n) is 4.65. The number of rotatable bonds is 13. The van der Waals surface area contributed by atoms with Crippen LogP contribution in [0.4, 0.5) is 13.2 Å². The van der Waals surface area contributed by atoms with E-state index < -0.39 is 24.5 Å². The molecule has 0 fully saturated rings. The van der Waals surface area contributed by atoms with Crippen molar-refractivity contribution < 1.29 is 32.2 Å². The first-order chi connectivity index (χ1) is 16.2. The number of unbranched alkanes of at least 4 members (excludes halogenated alkanes) is 1. The van der Waals surface area contributed by atoms with E-state index in [1.54, 1.807) is 6.08 Å². The average molecular weight is 483 g/mol. The number of aromatic nitrogens is 3. The summed E-state index contributed by atoms with van der Waals surface area (Å²) in [5.41, 5.74) is 0.399. The zero-order valence-electron chi connectivity index (χ0n) is 19.0. The number of benzene rings is 1. The normalized spacial score (nSPS) is 12.1. The maximum atomic E-state index is 12.5. The second kappa shape index (κ2) is 12.7. The molecule has 9 nitrogen and oxygen atoms in total. The van der Waals surface area contributed by atoms with Crippen molar-refractivity contribution in [3.8, 4) is 11.4 Å². The van der Waals surface area contributed by atoms with Crippen molar-refractivity contribution in [2.24, 2.45) is 0 Å². The van der Waals surface area contributed by atoms with Crippen molar-refractivity contribution in [3.05, 3.63) is 48.3 Å². The van der Waals surface area contributed by atoms with E-state index in [0.29, 0.717) is 31.6 Å². The number of hydrogen-bond donors (Lipinski definition) is 2. The molecule has 34 heavy (non-hydrogen) atoms. The van der Waals surface area contributed by atoms with Crippen molar-refractivity contribution in [1.82, 2.24) is 25.6 Å². The van der Waals surface area contributed by atoms with E-state index in [4.69, 9.17) is 9.47 Å². The van der Waals surface area contributed by atoms with E-state index in [1.807, 2.05) is 12.2 Å². The largest absolute Gasteiger partial charge is 0.491 e. The number of halogens is 3. The minimum atomic E-state index is -4.53. The van der Waals surface area contributed by atoms with Gasteiger partial charge in [-0.1, -0.05) is 18.2 Å². The maximum Gasteiger partial charge on any atom is 0.405 e. The van der Waals surface area contributed by atoms with Crippen molar-refractivity contribution in [3.63, 3.8) is 0 Å². The molecule has 0 spiro atoms. The van der Waals surface area contributed by atoms with Crippen molar-refractivity contribution in [2.75, 3.05) is 26.9 Å². The van der Waals surface area contributed by atoms with Crippen LogP contribution in [0.15, 0.2) is 37.1 Å². The van der Waals surface area contributed by atoms with Gasteiger partial charge < -0.3 is 20.1 Å². The number of carbonyl (C=O) groups excluding carboxylic acids is 2. The van der Waals surface area contributed by atoms with Gasteiger partial charge in [0, 0.05) is 12.7 Å². The Morgan fingerprint density at radius 3 is 2.71 bits per heavy atom. The lowest BCUT2D eigenvalue weighted by Gasteiger charge is -2.14. The predicted octanol–water partition coefficient (Wildman–Crippen LogP) is 3.06. The summed E-state index contributed by atoms with van der Waals surface area (Å²) in [6.07, 6.45) is 0.571. The molecule has 12 heteroatoms. The number of ether oxygens (including phenoxy) is 2. The summed E-state index contributed by atoms with van der Waals surface area (Å²) in [6, 6.07) is 3.93. The number of hydrogen-bond acceptors (Lipinski definition) is 6. The standard InChI is InChI=1S/C22H28F3N5O4/c1-4-6-7-10-34-19-11-15(20(31)26-14-22(23,24)25)8-9-18(19)30-12-17(28-29-30)21(32)27-16(5-2)13-33-3/h4,8-9,11-12,16H,1,5-7,10,13-14H2,2-3H3,(H,26,31)(H,27,32). The molecule has 0 aliphatic carbocycles. The number of nitrogens with zero attached hydrogens (tertiary/aromatic N) is 3. The van der Waals surface area contributed by atoms with E-state index in [1.165, 1.54) is 36.2 Å². The van der Waals surface area contributed by atoms with E-state index in [0.717, 1.165) is 0 Å². The molecule has 2 amide bonds. The molecule has 0 saturated heterocycles. The summed E-state index contributed by atoms with van der Waals surface area (Å²) in [4.78, 5) is 24.7. The Kier molecular flexibility index (Phi) is 10.0. The lowest BCUT2D eigenvalue weighted by atomic mass is 10.1. The number of nitrogens with one attached hydrogen (secondary N) is 2. The molecular formula is C22H28F3N5O4. The highest BCUT2D eigenvalue weighted by atomic mass is 19.4. The molecule has 2 rings (SSSR count). The van der Waals surface area contributed by atoms with Crippen LogP contribution in [-0.4, -0.2) is 65.9 Å².